The average molecular weight is 1070 g/mol. The molecule has 6 bridgehead atoms. The van der Waals surface area contributed by atoms with Crippen LogP contribution in [0, 0.1) is 47.3 Å². The molecule has 76 heavy (non-hydrogen) atoms. The smallest absolute Gasteiger partial charge is 0.329 e. The van der Waals surface area contributed by atoms with Crippen LogP contribution in [0.2, 0.25) is 0 Å². The highest BCUT2D eigenvalue weighted by molar-refractivity contribution is 6.39. The van der Waals surface area contributed by atoms with Crippen LogP contribution in [-0.2, 0) is 57.2 Å². The number of aliphatic hydroxyl groups is 3. The summed E-state index contributed by atoms with van der Waals surface area (Å²) >= 11 is 0. The summed E-state index contributed by atoms with van der Waals surface area (Å²) in [4.78, 5) is 88.5. The number of carbonyl (C=O) groups excluding carboxylic acids is 6. The molecule has 1 saturated carbocycles. The molecule has 426 valence electrons. The molecule has 5 heterocycles. The van der Waals surface area contributed by atoms with Gasteiger partial charge in [-0.1, -0.05) is 64.2 Å². The van der Waals surface area contributed by atoms with Gasteiger partial charge in [-0.15, -0.1) is 0 Å². The molecule has 16 atom stereocenters. The SMILES string of the molecule is CO[C@H]1C[C@@H]2CC[C@@H](C)[C@@](O)(O2)C(=O)C(=O)N2CCCC3[C@H]2C(=O)O[C@@H](CC(=O)[C@H](C)/C=C(\C)[C@@H](O)[C@@H](OC)C(=O)[C@H](C)C[C@H](C)/C=C/C=C/C=C/1C)[C@H]3C[C@@H]1CC[C@@H](OC(=O)CN2CCC(CCO)CC2)[C@H](OC)C1. The Hall–Kier alpha value is -3.94. The summed E-state index contributed by atoms with van der Waals surface area (Å²) in [5, 5.41) is 33.1. The van der Waals surface area contributed by atoms with E-state index in [1.165, 1.54) is 12.0 Å². The molecule has 0 aromatic heterocycles. The van der Waals surface area contributed by atoms with Gasteiger partial charge in [0.2, 0.25) is 5.79 Å². The summed E-state index contributed by atoms with van der Waals surface area (Å²) in [6.45, 7) is 12.7. The lowest BCUT2D eigenvalue weighted by molar-refractivity contribution is -0.266. The van der Waals surface area contributed by atoms with Crippen molar-refractivity contribution < 1.29 is 72.5 Å². The lowest BCUT2D eigenvalue weighted by Crippen LogP contribution is -2.65. The van der Waals surface area contributed by atoms with E-state index < -0.39 is 102 Å². The number of hydrogen-bond donors (Lipinski definition) is 3. The van der Waals surface area contributed by atoms with Crippen molar-refractivity contribution in [1.82, 2.24) is 9.80 Å². The number of likely N-dealkylation sites (tertiary alicyclic amines) is 1. The molecular formula is C59H90N2O15. The maximum Gasteiger partial charge on any atom is 0.329 e. The number of fused-ring (bicyclic) bond motifs is 3. The second-order valence-corrected chi connectivity index (χ2v) is 23.2. The maximum atomic E-state index is 14.7. The Morgan fingerprint density at radius 2 is 1.55 bits per heavy atom. The minimum absolute atomic E-state index is 0.00698. The zero-order chi connectivity index (χ0) is 55.4. The number of rotatable bonds is 10. The van der Waals surface area contributed by atoms with E-state index >= 15 is 0 Å². The zero-order valence-electron chi connectivity index (χ0n) is 46.8. The van der Waals surface area contributed by atoms with E-state index in [4.69, 9.17) is 28.4 Å². The number of ether oxygens (including phenoxy) is 6. The van der Waals surface area contributed by atoms with Gasteiger partial charge in [0.05, 0.1) is 24.9 Å². The summed E-state index contributed by atoms with van der Waals surface area (Å²) in [7, 11) is 4.55. The van der Waals surface area contributed by atoms with Crippen molar-refractivity contribution in [2.75, 3.05) is 54.1 Å². The van der Waals surface area contributed by atoms with E-state index in [1.54, 1.807) is 41.1 Å². The van der Waals surface area contributed by atoms with Gasteiger partial charge in [-0.3, -0.25) is 28.9 Å². The first-order chi connectivity index (χ1) is 36.2. The molecule has 5 fully saturated rings. The summed E-state index contributed by atoms with van der Waals surface area (Å²) in [5.74, 6) is -8.69. The largest absolute Gasteiger partial charge is 0.460 e. The van der Waals surface area contributed by atoms with E-state index in [9.17, 15) is 44.1 Å². The highest BCUT2D eigenvalue weighted by Crippen LogP contribution is 2.46. The van der Waals surface area contributed by atoms with Crippen LogP contribution in [0.5, 0.6) is 0 Å². The molecule has 6 rings (SSSR count). The summed E-state index contributed by atoms with van der Waals surface area (Å²) in [5.41, 5.74) is 1.25. The topological polar surface area (TPSA) is 225 Å². The molecule has 17 heteroatoms. The Morgan fingerprint density at radius 3 is 2.24 bits per heavy atom. The lowest BCUT2D eigenvalue weighted by atomic mass is 9.68. The van der Waals surface area contributed by atoms with E-state index in [-0.39, 0.29) is 55.5 Å². The third-order valence-corrected chi connectivity index (χ3v) is 17.8. The van der Waals surface area contributed by atoms with Gasteiger partial charge in [0.15, 0.2) is 5.78 Å². The number of nitrogens with zero attached hydrogens (tertiary/aromatic N) is 2. The molecule has 1 amide bonds. The van der Waals surface area contributed by atoms with Gasteiger partial charge >= 0.3 is 11.9 Å². The molecule has 0 aromatic rings. The maximum absolute atomic E-state index is 14.7. The van der Waals surface area contributed by atoms with Gasteiger partial charge in [-0.05, 0) is 139 Å². The molecule has 17 nitrogen and oxygen atoms in total. The van der Waals surface area contributed by atoms with Crippen LogP contribution in [-0.4, -0.2) is 169 Å². The van der Waals surface area contributed by atoms with Crippen molar-refractivity contribution in [3.8, 4) is 0 Å². The third-order valence-electron chi connectivity index (χ3n) is 17.8. The van der Waals surface area contributed by atoms with Crippen LogP contribution in [0.3, 0.4) is 0 Å². The molecule has 4 saturated heterocycles. The second kappa shape index (κ2) is 28.3. The predicted molar refractivity (Wildman–Crippen MR) is 283 cm³/mol. The van der Waals surface area contributed by atoms with E-state index in [1.807, 2.05) is 51.2 Å². The van der Waals surface area contributed by atoms with Crippen molar-refractivity contribution in [1.29, 1.82) is 0 Å². The fourth-order valence-electron chi connectivity index (χ4n) is 13.0. The second-order valence-electron chi connectivity index (χ2n) is 23.2. The molecule has 0 radical (unpaired) electrons. The van der Waals surface area contributed by atoms with Crippen LogP contribution >= 0.6 is 0 Å². The van der Waals surface area contributed by atoms with E-state index in [2.05, 4.69) is 4.90 Å². The van der Waals surface area contributed by atoms with Crippen LogP contribution in [0.4, 0.5) is 0 Å². The number of methoxy groups -OCH3 is 3. The van der Waals surface area contributed by atoms with Crippen molar-refractivity contribution in [3.05, 3.63) is 47.6 Å². The first-order valence-electron chi connectivity index (χ1n) is 28.2. The van der Waals surface area contributed by atoms with Gasteiger partial charge in [0.1, 0.15) is 36.2 Å². The van der Waals surface area contributed by atoms with Crippen LogP contribution < -0.4 is 0 Å². The Labute approximate surface area is 451 Å². The van der Waals surface area contributed by atoms with Gasteiger partial charge in [0, 0.05) is 71.0 Å². The fraction of sp³-hybridized carbons (Fsp3) is 0.763. The first kappa shape index (κ1) is 61.3. The molecule has 0 aromatic carbocycles. The third kappa shape index (κ3) is 15.2. The number of hydrogen-bond acceptors (Lipinski definition) is 16. The summed E-state index contributed by atoms with van der Waals surface area (Å²) in [6, 6.07) is -1.17. The van der Waals surface area contributed by atoms with Crippen LogP contribution in [0.1, 0.15) is 131 Å². The molecule has 1 aliphatic carbocycles. The normalized spacial score (nSPS) is 39.9. The van der Waals surface area contributed by atoms with Crippen molar-refractivity contribution in [2.24, 2.45) is 47.3 Å². The quantitative estimate of drug-likeness (QED) is 0.129. The lowest BCUT2D eigenvalue weighted by Gasteiger charge is -2.50. The van der Waals surface area contributed by atoms with Gasteiger partial charge in [0.25, 0.3) is 11.7 Å². The van der Waals surface area contributed by atoms with Gasteiger partial charge in [-0.25, -0.2) is 4.79 Å². The van der Waals surface area contributed by atoms with Crippen LogP contribution in [0.25, 0.3) is 0 Å². The molecule has 3 N–H and O–H groups in total. The Bertz CT molecular complexity index is 2130. The van der Waals surface area contributed by atoms with Gasteiger partial charge < -0.3 is 48.6 Å². The molecule has 0 spiro atoms. The molecular weight excluding hydrogens is 977 g/mol. The predicted octanol–water partition coefficient (Wildman–Crippen LogP) is 6.05. The van der Waals surface area contributed by atoms with Crippen molar-refractivity contribution in [3.63, 3.8) is 0 Å². The number of carbonyl (C=O) groups is 6. The number of ketones is 3. The summed E-state index contributed by atoms with van der Waals surface area (Å²) in [6.07, 6.45) is 13.1. The molecule has 1 unspecified atom stereocenters. The highest BCUT2D eigenvalue weighted by atomic mass is 16.6. The minimum Gasteiger partial charge on any atom is -0.460 e. The monoisotopic (exact) mass is 1070 g/mol. The molecule has 6 aliphatic rings. The Morgan fingerprint density at radius 1 is 0.816 bits per heavy atom. The standard InChI is InChI=1S/C59H90N2O15/c1-35-14-11-10-12-15-36(2)48(71-7)32-43-19-17-40(6)59(70,76-43)56(67)57(68)61-24-13-16-44-45(30-42-18-20-47(50(31-42)72-8)74-51(64)34-60-25-21-41(22-26-60)23-27-62)49(75-58(69)52(44)61)33-46(63)37(3)29-39(5)54(66)55(73-9)53(65)38(4)28-35/h10-12,14-15,29,35,37-38,40-45,47-50,52,54-55,62,66,70H,13,16-28,30-34H2,1-9H3/b12-10+,14-11+,36-15+,39-29+/t35-,37-,38-,40-,42+,43+,44?,45+,47-,48+,49+,50-,52+,54-,55+,59-/m1/s1. The average Bonchev–Trinajstić information content (AvgIpc) is 3.39. The Balaban J connectivity index is 1.28. The molecule has 5 aliphatic heterocycles. The number of esters is 2. The van der Waals surface area contributed by atoms with Gasteiger partial charge in [-0.2, -0.15) is 0 Å². The van der Waals surface area contributed by atoms with Crippen molar-refractivity contribution >= 4 is 35.2 Å². The number of piperidine rings is 2. The highest BCUT2D eigenvalue weighted by Gasteiger charge is 2.57. The number of allylic oxidation sites excluding steroid dienone is 6. The minimum atomic E-state index is -2.46. The first-order valence-corrected chi connectivity index (χ1v) is 28.2. The number of amides is 1. The summed E-state index contributed by atoms with van der Waals surface area (Å²) < 4.78 is 36.1. The van der Waals surface area contributed by atoms with E-state index in [0.29, 0.717) is 75.7 Å². The number of aliphatic hydroxyl groups excluding tert-OH is 2. The fourth-order valence-corrected chi connectivity index (χ4v) is 13.0. The van der Waals surface area contributed by atoms with E-state index in [0.717, 1.165) is 37.9 Å². The Kier molecular flexibility index (Phi) is 22.8. The number of Topliss-reactive ketones (excluding diaryl/α,β-unsaturated/α-hetero) is 3. The van der Waals surface area contributed by atoms with Crippen molar-refractivity contribution in [2.45, 2.75) is 186 Å². The van der Waals surface area contributed by atoms with Crippen LogP contribution in [0.15, 0.2) is 47.6 Å². The zero-order valence-corrected chi connectivity index (χ0v) is 46.8.